The zero-order valence-corrected chi connectivity index (χ0v) is 22.1. The van der Waals surface area contributed by atoms with Gasteiger partial charge in [-0.1, -0.05) is 19.9 Å². The summed E-state index contributed by atoms with van der Waals surface area (Å²) < 4.78 is 58.4. The van der Waals surface area contributed by atoms with Crippen LogP contribution in [0.25, 0.3) is 11.3 Å². The summed E-state index contributed by atoms with van der Waals surface area (Å²) >= 11 is 0. The Morgan fingerprint density at radius 1 is 1.08 bits per heavy atom. The van der Waals surface area contributed by atoms with Crippen LogP contribution >= 0.6 is 0 Å². The van der Waals surface area contributed by atoms with Gasteiger partial charge in [0.25, 0.3) is 15.9 Å². The molecule has 37 heavy (non-hydrogen) atoms. The van der Waals surface area contributed by atoms with Crippen LogP contribution in [-0.2, 0) is 14.8 Å². The highest BCUT2D eigenvalue weighted by atomic mass is 32.2. The Bertz CT molecular complexity index is 1380. The molecule has 1 amide bonds. The molecule has 0 unspecified atom stereocenters. The molecule has 0 bridgehead atoms. The van der Waals surface area contributed by atoms with Crippen molar-refractivity contribution in [3.05, 3.63) is 65.6 Å². The minimum Gasteiger partial charge on any atom is -0.493 e. The maximum Gasteiger partial charge on any atom is 0.281 e. The number of benzene rings is 1. The van der Waals surface area contributed by atoms with Crippen molar-refractivity contribution in [2.24, 2.45) is 5.92 Å². The van der Waals surface area contributed by atoms with E-state index in [1.165, 1.54) is 43.5 Å². The smallest absolute Gasteiger partial charge is 0.281 e. The van der Waals surface area contributed by atoms with Crippen molar-refractivity contribution in [2.45, 2.75) is 38.8 Å². The van der Waals surface area contributed by atoms with E-state index in [0.29, 0.717) is 29.3 Å². The summed E-state index contributed by atoms with van der Waals surface area (Å²) in [4.78, 5) is 21.4. The first kappa shape index (κ1) is 28.0. The van der Waals surface area contributed by atoms with Gasteiger partial charge in [0, 0.05) is 27.3 Å². The van der Waals surface area contributed by atoms with E-state index in [0.717, 1.165) is 0 Å². The lowest BCUT2D eigenvalue weighted by Gasteiger charge is -2.17. The molecule has 1 N–H and O–H groups in total. The van der Waals surface area contributed by atoms with E-state index in [-0.39, 0.29) is 31.8 Å². The first-order valence-electron chi connectivity index (χ1n) is 11.6. The first-order valence-corrected chi connectivity index (χ1v) is 13.1. The lowest BCUT2D eigenvalue weighted by Crippen LogP contribution is -2.32. The van der Waals surface area contributed by atoms with E-state index in [2.05, 4.69) is 9.97 Å². The molecule has 11 heteroatoms. The zero-order chi connectivity index (χ0) is 27.2. The van der Waals surface area contributed by atoms with Crippen LogP contribution in [0, 0.1) is 18.7 Å². The van der Waals surface area contributed by atoms with Crippen molar-refractivity contribution < 1.29 is 34.7 Å². The van der Waals surface area contributed by atoms with Crippen molar-refractivity contribution >= 4 is 15.9 Å². The zero-order valence-electron chi connectivity index (χ0n) is 21.3. The fraction of sp³-hybridized carbons (Fsp3) is 0.346. The van der Waals surface area contributed by atoms with Gasteiger partial charge in [0.1, 0.15) is 23.2 Å². The van der Waals surface area contributed by atoms with Crippen molar-refractivity contribution in [1.82, 2.24) is 14.7 Å². The van der Waals surface area contributed by atoms with E-state index >= 15 is 0 Å². The summed E-state index contributed by atoms with van der Waals surface area (Å²) in [6, 6.07) is 11.5. The van der Waals surface area contributed by atoms with E-state index in [4.69, 9.17) is 14.2 Å². The Morgan fingerprint density at radius 2 is 1.84 bits per heavy atom. The largest absolute Gasteiger partial charge is 0.493 e. The van der Waals surface area contributed by atoms with Gasteiger partial charge in [0.05, 0.1) is 18.9 Å². The number of sulfonamides is 1. The van der Waals surface area contributed by atoms with E-state index in [1.807, 2.05) is 18.6 Å². The lowest BCUT2D eigenvalue weighted by molar-refractivity contribution is 0.0855. The average molecular weight is 536 g/mol. The third-order valence-electron chi connectivity index (χ3n) is 4.93. The highest BCUT2D eigenvalue weighted by Gasteiger charge is 2.24. The van der Waals surface area contributed by atoms with E-state index in [1.54, 1.807) is 26.0 Å². The number of ether oxygens (including phenoxy) is 3. The Hall–Kier alpha value is -3.57. The molecule has 0 saturated heterocycles. The van der Waals surface area contributed by atoms with E-state index in [9.17, 15) is 17.6 Å². The summed E-state index contributed by atoms with van der Waals surface area (Å²) in [5.74, 6) is -1.04. The third-order valence-corrected chi connectivity index (χ3v) is 6.17. The molecule has 1 atom stereocenters. The van der Waals surface area contributed by atoms with Crippen LogP contribution < -0.4 is 14.2 Å². The predicted octanol–water partition coefficient (Wildman–Crippen LogP) is 4.65. The molecule has 0 spiro atoms. The number of methoxy groups -OCH3 is 1. The highest BCUT2D eigenvalue weighted by molar-refractivity contribution is 7.90. The quantitative estimate of drug-likeness (QED) is 0.377. The molecule has 3 rings (SSSR count). The number of aryl methyl sites for hydroxylation is 1. The van der Waals surface area contributed by atoms with Crippen molar-refractivity contribution in [1.29, 1.82) is 0 Å². The number of aromatic nitrogens is 2. The van der Waals surface area contributed by atoms with Crippen LogP contribution in [0.1, 0.15) is 39.7 Å². The standard InChI is InChI=1S/C26H30FN3O6S.2H2/c1-16(2)14-35-21-12-19(11-20(27)13-21)23-10-9-22(26(29-23)36-18(4)15-34-5)25(31)30-37(32,33)24-8-6-7-17(3)28-24;;/h6-13,16,18H,14-15H2,1-5H3,(H,30,31);2*1H/t18-;;/m1../s1. The van der Waals surface area contributed by atoms with Crippen LogP contribution in [0.15, 0.2) is 53.6 Å². The lowest BCUT2D eigenvalue weighted by atomic mass is 10.1. The molecule has 0 aliphatic heterocycles. The summed E-state index contributed by atoms with van der Waals surface area (Å²) in [6.45, 7) is 7.89. The van der Waals surface area contributed by atoms with Gasteiger partial charge < -0.3 is 14.2 Å². The molecule has 0 aliphatic carbocycles. The number of halogens is 1. The monoisotopic (exact) mass is 535 g/mol. The molecule has 2 heterocycles. The normalized spacial score (nSPS) is 12.3. The highest BCUT2D eigenvalue weighted by Crippen LogP contribution is 2.28. The number of hydrogen-bond donors (Lipinski definition) is 1. The van der Waals surface area contributed by atoms with Gasteiger partial charge in [0.2, 0.25) is 5.88 Å². The molecule has 2 aromatic heterocycles. The van der Waals surface area contributed by atoms with Crippen LogP contribution in [0.4, 0.5) is 4.39 Å². The maximum atomic E-state index is 14.3. The first-order chi connectivity index (χ1) is 17.5. The fourth-order valence-corrected chi connectivity index (χ4v) is 4.26. The van der Waals surface area contributed by atoms with E-state index < -0.39 is 27.9 Å². The molecule has 0 saturated carbocycles. The van der Waals surface area contributed by atoms with Crippen molar-refractivity contribution in [3.8, 4) is 22.9 Å². The summed E-state index contributed by atoms with van der Waals surface area (Å²) in [5.41, 5.74) is 1.04. The number of rotatable bonds is 11. The summed E-state index contributed by atoms with van der Waals surface area (Å²) in [7, 11) is -2.77. The van der Waals surface area contributed by atoms with Crippen molar-refractivity contribution in [3.63, 3.8) is 0 Å². The molecular weight excluding hydrogens is 501 g/mol. The van der Waals surface area contributed by atoms with Gasteiger partial charge in [0.15, 0.2) is 5.03 Å². The second-order valence-corrected chi connectivity index (χ2v) is 10.5. The van der Waals surface area contributed by atoms with Crippen LogP contribution in [0.3, 0.4) is 0 Å². The Labute approximate surface area is 219 Å². The second-order valence-electron chi connectivity index (χ2n) is 8.87. The maximum absolute atomic E-state index is 14.3. The molecule has 0 radical (unpaired) electrons. The van der Waals surface area contributed by atoms with Crippen LogP contribution in [0.2, 0.25) is 0 Å². The Balaban J connectivity index is 0.00000380. The van der Waals surface area contributed by atoms with Gasteiger partial charge in [-0.05, 0) is 56.2 Å². The molecule has 0 fully saturated rings. The van der Waals surface area contributed by atoms with Crippen LogP contribution in [0.5, 0.6) is 11.6 Å². The minimum absolute atomic E-state index is 0. The topological polar surface area (TPSA) is 117 Å². The average Bonchev–Trinajstić information content (AvgIpc) is 2.82. The second kappa shape index (κ2) is 12.1. The third kappa shape index (κ3) is 7.70. The summed E-state index contributed by atoms with van der Waals surface area (Å²) in [6.07, 6.45) is -0.521. The molecule has 9 nitrogen and oxygen atoms in total. The number of pyridine rings is 2. The van der Waals surface area contributed by atoms with Gasteiger partial charge in [-0.15, -0.1) is 0 Å². The molecular formula is C26H34FN3O6S. The molecule has 1 aromatic carbocycles. The number of amides is 1. The molecule has 3 aromatic rings. The van der Waals surface area contributed by atoms with Gasteiger partial charge in [-0.25, -0.2) is 19.1 Å². The number of hydrogen-bond acceptors (Lipinski definition) is 8. The van der Waals surface area contributed by atoms with Crippen molar-refractivity contribution in [2.75, 3.05) is 20.3 Å². The summed E-state index contributed by atoms with van der Waals surface area (Å²) in [5, 5.41) is -0.297. The predicted molar refractivity (Wildman–Crippen MR) is 140 cm³/mol. The van der Waals surface area contributed by atoms with Gasteiger partial charge >= 0.3 is 0 Å². The number of nitrogens with zero attached hydrogens (tertiary/aromatic N) is 2. The minimum atomic E-state index is -4.26. The SMILES string of the molecule is COC[C@@H](C)Oc1nc(-c2cc(F)cc(OCC(C)C)c2)ccc1C(=O)NS(=O)(=O)c1cccc(C)n1.[HH].[HH]. The number of carbonyl (C=O) groups is 1. The number of carbonyl (C=O) groups excluding carboxylic acids is 1. The molecule has 202 valence electrons. The Kier molecular flexibility index (Phi) is 9.17. The fourth-order valence-electron chi connectivity index (χ4n) is 3.28. The van der Waals surface area contributed by atoms with Gasteiger partial charge in [-0.2, -0.15) is 8.42 Å². The van der Waals surface area contributed by atoms with Crippen LogP contribution in [-0.4, -0.2) is 50.7 Å². The number of nitrogens with one attached hydrogen (secondary N) is 1. The molecule has 0 aliphatic rings. The van der Waals surface area contributed by atoms with Gasteiger partial charge in [-0.3, -0.25) is 4.79 Å². The Morgan fingerprint density at radius 3 is 2.51 bits per heavy atom.